The fourth-order valence-electron chi connectivity index (χ4n) is 2.67. The van der Waals surface area contributed by atoms with Gasteiger partial charge < -0.3 is 14.8 Å². The summed E-state index contributed by atoms with van der Waals surface area (Å²) < 4.78 is 11.7. The molecule has 0 radical (unpaired) electrons. The number of amides is 1. The number of thioether (sulfide) groups is 2. The van der Waals surface area contributed by atoms with E-state index in [1.807, 2.05) is 66.8 Å². The Hall–Kier alpha value is -1.79. The molecule has 0 aromatic heterocycles. The van der Waals surface area contributed by atoms with Crippen LogP contribution >= 0.6 is 23.5 Å². The molecule has 0 atom stereocenters. The van der Waals surface area contributed by atoms with E-state index in [1.165, 1.54) is 23.5 Å². The van der Waals surface area contributed by atoms with Gasteiger partial charge in [-0.25, -0.2) is 0 Å². The summed E-state index contributed by atoms with van der Waals surface area (Å²) in [6, 6.07) is 15.9. The van der Waals surface area contributed by atoms with Crippen LogP contribution in [-0.2, 0) is 4.79 Å². The lowest BCUT2D eigenvalue weighted by Gasteiger charge is -2.21. The number of hydrogen-bond acceptors (Lipinski definition) is 5. The third-order valence-electron chi connectivity index (χ3n) is 4.03. The second-order valence-corrected chi connectivity index (χ2v) is 9.02. The van der Waals surface area contributed by atoms with Crippen molar-refractivity contribution >= 4 is 29.4 Å². The predicted molar refractivity (Wildman–Crippen MR) is 114 cm³/mol. The minimum Gasteiger partial charge on any atom is -0.492 e. The number of ether oxygens (including phenoxy) is 2. The number of aryl methyl sites for hydroxylation is 1. The molecule has 1 aliphatic heterocycles. The van der Waals surface area contributed by atoms with Crippen molar-refractivity contribution in [3.8, 4) is 11.5 Å². The maximum absolute atomic E-state index is 11.9. The van der Waals surface area contributed by atoms with Crippen LogP contribution in [-0.4, -0.2) is 37.2 Å². The first-order valence-corrected chi connectivity index (χ1v) is 11.2. The molecule has 1 fully saturated rings. The van der Waals surface area contributed by atoms with Crippen LogP contribution in [0, 0.1) is 6.92 Å². The zero-order chi connectivity index (χ0) is 18.9. The number of carbonyl (C=O) groups excluding carboxylic acids is 1. The Balaban J connectivity index is 1.34. The lowest BCUT2D eigenvalue weighted by atomic mass is 10.2. The van der Waals surface area contributed by atoms with E-state index in [0.29, 0.717) is 17.7 Å². The van der Waals surface area contributed by atoms with Gasteiger partial charge >= 0.3 is 0 Å². The summed E-state index contributed by atoms with van der Waals surface area (Å²) in [6.45, 7) is 2.91. The summed E-state index contributed by atoms with van der Waals surface area (Å²) in [5.74, 6) is 3.84. The maximum Gasteiger partial charge on any atom is 0.258 e. The highest BCUT2D eigenvalue weighted by Gasteiger charge is 2.16. The van der Waals surface area contributed by atoms with Crippen molar-refractivity contribution in [3.63, 3.8) is 0 Å². The van der Waals surface area contributed by atoms with Crippen LogP contribution in [0.2, 0.25) is 0 Å². The summed E-state index contributed by atoms with van der Waals surface area (Å²) in [5, 5.41) is 2.81. The first-order chi connectivity index (χ1) is 13.2. The van der Waals surface area contributed by atoms with Crippen LogP contribution in [0.4, 0.5) is 0 Å². The molecule has 1 N–H and O–H groups in total. The molecule has 3 rings (SSSR count). The number of rotatable bonds is 8. The quantitative estimate of drug-likeness (QED) is 0.661. The molecule has 1 heterocycles. The van der Waals surface area contributed by atoms with E-state index in [0.717, 1.165) is 17.1 Å². The smallest absolute Gasteiger partial charge is 0.258 e. The Labute approximate surface area is 169 Å². The zero-order valence-electron chi connectivity index (χ0n) is 15.5. The molecular weight excluding hydrogens is 378 g/mol. The van der Waals surface area contributed by atoms with E-state index in [-0.39, 0.29) is 12.5 Å². The lowest BCUT2D eigenvalue weighted by molar-refractivity contribution is -0.123. The van der Waals surface area contributed by atoms with Crippen LogP contribution in [0.15, 0.2) is 48.5 Å². The van der Waals surface area contributed by atoms with E-state index in [1.54, 1.807) is 0 Å². The number of carbonyl (C=O) groups is 1. The molecule has 144 valence electrons. The van der Waals surface area contributed by atoms with Gasteiger partial charge in [0.05, 0.1) is 11.1 Å². The zero-order valence-corrected chi connectivity index (χ0v) is 17.1. The molecule has 1 amide bonds. The Kier molecular flexibility index (Phi) is 7.78. The SMILES string of the molecule is Cc1cccc(OCCNC(=O)COc2ccc(C3SCCCS3)cc2)c1. The first-order valence-electron chi connectivity index (χ1n) is 9.13. The molecule has 0 spiro atoms. The summed E-state index contributed by atoms with van der Waals surface area (Å²) in [4.78, 5) is 11.9. The van der Waals surface area contributed by atoms with Gasteiger partial charge in [-0.3, -0.25) is 4.79 Å². The first kappa shape index (κ1) is 20.0. The Morgan fingerprint density at radius 2 is 1.85 bits per heavy atom. The molecular formula is C21H25NO3S2. The van der Waals surface area contributed by atoms with E-state index in [2.05, 4.69) is 17.4 Å². The monoisotopic (exact) mass is 403 g/mol. The molecule has 2 aromatic rings. The average molecular weight is 404 g/mol. The second-order valence-electron chi connectivity index (χ2n) is 6.30. The molecule has 0 bridgehead atoms. The van der Waals surface area contributed by atoms with E-state index >= 15 is 0 Å². The summed E-state index contributed by atoms with van der Waals surface area (Å²) in [7, 11) is 0. The molecule has 0 unspecified atom stereocenters. The Morgan fingerprint density at radius 1 is 1.07 bits per heavy atom. The highest BCUT2D eigenvalue weighted by atomic mass is 32.2. The van der Waals surface area contributed by atoms with Crippen molar-refractivity contribution < 1.29 is 14.3 Å². The van der Waals surface area contributed by atoms with Crippen LogP contribution < -0.4 is 14.8 Å². The number of benzene rings is 2. The van der Waals surface area contributed by atoms with Crippen LogP contribution in [0.25, 0.3) is 0 Å². The second kappa shape index (κ2) is 10.5. The van der Waals surface area contributed by atoms with Gasteiger partial charge in [0.25, 0.3) is 5.91 Å². The van der Waals surface area contributed by atoms with Crippen LogP contribution in [0.1, 0.15) is 22.1 Å². The van der Waals surface area contributed by atoms with Crippen molar-refractivity contribution in [1.82, 2.24) is 5.32 Å². The van der Waals surface area contributed by atoms with Crippen LogP contribution in [0.5, 0.6) is 11.5 Å². The minimum absolute atomic E-state index is 0.0106. The van der Waals surface area contributed by atoms with Gasteiger partial charge in [0.15, 0.2) is 6.61 Å². The summed E-state index contributed by atoms with van der Waals surface area (Å²) >= 11 is 3.99. The third kappa shape index (κ3) is 6.70. The van der Waals surface area contributed by atoms with Crippen molar-refractivity contribution in [2.24, 2.45) is 0 Å². The molecule has 2 aromatic carbocycles. The number of hydrogen-bond donors (Lipinski definition) is 1. The molecule has 27 heavy (non-hydrogen) atoms. The standard InChI is InChI=1S/C21H25NO3S2/c1-16-4-2-5-19(14-16)24-11-10-22-20(23)15-25-18-8-6-17(7-9-18)21-26-12-3-13-27-21/h2,4-9,14,21H,3,10-13,15H2,1H3,(H,22,23). The van der Waals surface area contributed by atoms with Crippen molar-refractivity contribution in [3.05, 3.63) is 59.7 Å². The van der Waals surface area contributed by atoms with Gasteiger partial charge in [-0.2, -0.15) is 0 Å². The van der Waals surface area contributed by atoms with Gasteiger partial charge in [0.1, 0.15) is 18.1 Å². The lowest BCUT2D eigenvalue weighted by Crippen LogP contribution is -2.32. The molecule has 4 nitrogen and oxygen atoms in total. The Morgan fingerprint density at radius 3 is 2.59 bits per heavy atom. The molecule has 0 saturated carbocycles. The fourth-order valence-corrected chi connectivity index (χ4v) is 5.56. The van der Waals surface area contributed by atoms with Gasteiger partial charge in [-0.05, 0) is 60.2 Å². The van der Waals surface area contributed by atoms with E-state index < -0.39 is 0 Å². The topological polar surface area (TPSA) is 47.6 Å². The minimum atomic E-state index is -0.148. The van der Waals surface area contributed by atoms with Gasteiger partial charge in [0, 0.05) is 0 Å². The van der Waals surface area contributed by atoms with Crippen molar-refractivity contribution in [1.29, 1.82) is 0 Å². The van der Waals surface area contributed by atoms with E-state index in [4.69, 9.17) is 9.47 Å². The highest BCUT2D eigenvalue weighted by Crippen LogP contribution is 2.43. The van der Waals surface area contributed by atoms with E-state index in [9.17, 15) is 4.79 Å². The van der Waals surface area contributed by atoms with Gasteiger partial charge in [-0.1, -0.05) is 24.3 Å². The summed E-state index contributed by atoms with van der Waals surface area (Å²) in [5.41, 5.74) is 2.46. The number of nitrogens with one attached hydrogen (secondary N) is 1. The summed E-state index contributed by atoms with van der Waals surface area (Å²) in [6.07, 6.45) is 1.29. The van der Waals surface area contributed by atoms with Gasteiger partial charge in [-0.15, -0.1) is 23.5 Å². The fraction of sp³-hybridized carbons (Fsp3) is 0.381. The molecule has 0 aliphatic carbocycles. The molecule has 1 aliphatic rings. The van der Waals surface area contributed by atoms with Crippen LogP contribution in [0.3, 0.4) is 0 Å². The van der Waals surface area contributed by atoms with Gasteiger partial charge in [0.2, 0.25) is 0 Å². The Bertz CT molecular complexity index is 730. The predicted octanol–water partition coefficient (Wildman–Crippen LogP) is 4.44. The molecule has 6 heteroatoms. The maximum atomic E-state index is 11.9. The average Bonchev–Trinajstić information content (AvgIpc) is 2.71. The normalized spacial score (nSPS) is 14.6. The third-order valence-corrected chi connectivity index (χ3v) is 7.05. The highest BCUT2D eigenvalue weighted by molar-refractivity contribution is 8.16. The molecule has 1 saturated heterocycles. The largest absolute Gasteiger partial charge is 0.492 e. The van der Waals surface area contributed by atoms with Crippen molar-refractivity contribution in [2.45, 2.75) is 17.9 Å². The van der Waals surface area contributed by atoms with Crippen molar-refractivity contribution in [2.75, 3.05) is 31.3 Å².